The highest BCUT2D eigenvalue weighted by Gasteiger charge is 2.18. The third kappa shape index (κ3) is 3.29. The Morgan fingerprint density at radius 1 is 1.11 bits per heavy atom. The van der Waals surface area contributed by atoms with Crippen LogP contribution in [0.3, 0.4) is 0 Å². The molecule has 1 aromatic carbocycles. The maximum Gasteiger partial charge on any atom is 0.329 e. The zero-order chi connectivity index (χ0) is 19.7. The Morgan fingerprint density at radius 2 is 1.82 bits per heavy atom. The highest BCUT2D eigenvalue weighted by Crippen LogP contribution is 2.26. The van der Waals surface area contributed by atoms with Crippen molar-refractivity contribution in [3.8, 4) is 11.3 Å². The summed E-state index contributed by atoms with van der Waals surface area (Å²) in [6.45, 7) is 12.1. The van der Waals surface area contributed by atoms with Crippen molar-refractivity contribution in [2.75, 3.05) is 32.8 Å². The Kier molecular flexibility index (Phi) is 5.37. The van der Waals surface area contributed by atoms with E-state index in [0.717, 1.165) is 55.1 Å². The van der Waals surface area contributed by atoms with E-state index in [9.17, 15) is 4.79 Å². The van der Waals surface area contributed by atoms with Gasteiger partial charge in [0.2, 0.25) is 0 Å². The van der Waals surface area contributed by atoms with E-state index in [1.165, 1.54) is 0 Å². The molecule has 2 aromatic heterocycles. The molecule has 0 aliphatic carbocycles. The van der Waals surface area contributed by atoms with Crippen LogP contribution < -0.4 is 5.69 Å². The lowest BCUT2D eigenvalue weighted by atomic mass is 10.1. The van der Waals surface area contributed by atoms with Crippen molar-refractivity contribution in [2.24, 2.45) is 0 Å². The smallest absolute Gasteiger partial charge is 0.329 e. The molecule has 3 heterocycles. The molecule has 0 saturated carbocycles. The average Bonchev–Trinajstić information content (AvgIpc) is 3.30. The van der Waals surface area contributed by atoms with Crippen LogP contribution in [-0.4, -0.2) is 56.4 Å². The summed E-state index contributed by atoms with van der Waals surface area (Å²) in [7, 11) is 0. The summed E-state index contributed by atoms with van der Waals surface area (Å²) in [4.78, 5) is 19.5. The number of imidazole rings is 2. The molecule has 3 aromatic rings. The number of benzene rings is 1. The van der Waals surface area contributed by atoms with Gasteiger partial charge in [0.15, 0.2) is 0 Å². The van der Waals surface area contributed by atoms with Crippen LogP contribution in [0, 0.1) is 0 Å². The van der Waals surface area contributed by atoms with E-state index in [1.807, 2.05) is 35.5 Å². The second-order valence-corrected chi connectivity index (χ2v) is 7.42. The Bertz CT molecular complexity index is 1010. The number of ether oxygens (including phenoxy) is 1. The first-order valence-corrected chi connectivity index (χ1v) is 10.2. The number of hydrogen-bond acceptors (Lipinski definition) is 4. The molecule has 1 aliphatic heterocycles. The van der Waals surface area contributed by atoms with Crippen molar-refractivity contribution in [3.63, 3.8) is 0 Å². The number of hydrogen-bond donors (Lipinski definition) is 0. The predicted octanol–water partition coefficient (Wildman–Crippen LogP) is 2.60. The number of morpholine rings is 1. The van der Waals surface area contributed by atoms with Gasteiger partial charge in [0.25, 0.3) is 0 Å². The Balaban J connectivity index is 1.69. The van der Waals surface area contributed by atoms with Crippen molar-refractivity contribution < 1.29 is 4.74 Å². The fourth-order valence-corrected chi connectivity index (χ4v) is 4.22. The molecule has 0 bridgehead atoms. The van der Waals surface area contributed by atoms with Gasteiger partial charge in [0.1, 0.15) is 0 Å². The first-order chi connectivity index (χ1) is 13.6. The van der Waals surface area contributed by atoms with Crippen LogP contribution in [0.5, 0.6) is 0 Å². The van der Waals surface area contributed by atoms with Gasteiger partial charge in [-0.05, 0) is 32.9 Å². The van der Waals surface area contributed by atoms with Crippen LogP contribution in [0.4, 0.5) is 0 Å². The average molecular weight is 383 g/mol. The molecule has 28 heavy (non-hydrogen) atoms. The predicted molar refractivity (Wildman–Crippen MR) is 111 cm³/mol. The van der Waals surface area contributed by atoms with Crippen molar-refractivity contribution >= 4 is 11.0 Å². The normalized spacial score (nSPS) is 16.7. The summed E-state index contributed by atoms with van der Waals surface area (Å²) in [5.74, 6) is 0. The zero-order valence-electron chi connectivity index (χ0n) is 17.0. The molecule has 0 amide bonds. The van der Waals surface area contributed by atoms with E-state index in [1.54, 1.807) is 0 Å². The van der Waals surface area contributed by atoms with Crippen LogP contribution in [0.25, 0.3) is 22.3 Å². The first kappa shape index (κ1) is 19.0. The van der Waals surface area contributed by atoms with E-state index in [0.29, 0.717) is 19.1 Å². The quantitative estimate of drug-likeness (QED) is 0.657. The van der Waals surface area contributed by atoms with E-state index in [4.69, 9.17) is 4.74 Å². The fraction of sp³-hybridized carbons (Fsp3) is 0.524. The highest BCUT2D eigenvalue weighted by molar-refractivity contribution is 5.82. The molecular formula is C21H29N5O2. The Morgan fingerprint density at radius 3 is 2.54 bits per heavy atom. The molecule has 1 unspecified atom stereocenters. The first-order valence-electron chi connectivity index (χ1n) is 10.2. The van der Waals surface area contributed by atoms with Crippen molar-refractivity contribution in [1.82, 2.24) is 23.6 Å². The Labute approximate surface area is 165 Å². The molecule has 1 aliphatic rings. The number of aryl methyl sites for hydroxylation is 2. The maximum absolute atomic E-state index is 12.6. The van der Waals surface area contributed by atoms with Crippen LogP contribution in [0.15, 0.2) is 35.5 Å². The minimum atomic E-state index is 0.0614. The topological polar surface area (TPSA) is 57.2 Å². The lowest BCUT2D eigenvalue weighted by Gasteiger charge is -2.30. The zero-order valence-corrected chi connectivity index (χ0v) is 17.0. The summed E-state index contributed by atoms with van der Waals surface area (Å²) >= 11 is 0. The second kappa shape index (κ2) is 7.93. The summed E-state index contributed by atoms with van der Waals surface area (Å²) in [5, 5.41) is 0. The number of rotatable bonds is 6. The van der Waals surface area contributed by atoms with Gasteiger partial charge in [0.05, 0.1) is 42.5 Å². The molecule has 150 valence electrons. The third-order valence-corrected chi connectivity index (χ3v) is 5.71. The van der Waals surface area contributed by atoms with Crippen LogP contribution in [0.1, 0.15) is 26.8 Å². The third-order valence-electron chi connectivity index (χ3n) is 5.71. The molecule has 0 spiro atoms. The van der Waals surface area contributed by atoms with Gasteiger partial charge in [0, 0.05) is 44.3 Å². The molecule has 0 radical (unpaired) electrons. The lowest BCUT2D eigenvalue weighted by Crippen LogP contribution is -2.39. The van der Waals surface area contributed by atoms with Gasteiger partial charge in [-0.1, -0.05) is 6.07 Å². The summed E-state index contributed by atoms with van der Waals surface area (Å²) in [6, 6.07) is 6.59. The number of fused-ring (bicyclic) bond motifs is 1. The summed E-state index contributed by atoms with van der Waals surface area (Å²) in [6.07, 6.45) is 3.83. The minimum absolute atomic E-state index is 0.0614. The van der Waals surface area contributed by atoms with Crippen LogP contribution >= 0.6 is 0 Å². The Hall–Kier alpha value is -2.38. The SMILES string of the molecule is CCn1c(=O)n(CC)c2cc(-c3cncn3C(C)CN3CCOCC3)ccc21. The molecule has 7 heteroatoms. The van der Waals surface area contributed by atoms with E-state index in [-0.39, 0.29) is 5.69 Å². The van der Waals surface area contributed by atoms with Gasteiger partial charge in [-0.15, -0.1) is 0 Å². The second-order valence-electron chi connectivity index (χ2n) is 7.42. The van der Waals surface area contributed by atoms with E-state index < -0.39 is 0 Å². The van der Waals surface area contributed by atoms with E-state index >= 15 is 0 Å². The van der Waals surface area contributed by atoms with Crippen LogP contribution in [-0.2, 0) is 17.8 Å². The van der Waals surface area contributed by atoms with E-state index in [2.05, 4.69) is 39.6 Å². The van der Waals surface area contributed by atoms with Gasteiger partial charge in [-0.25, -0.2) is 9.78 Å². The lowest BCUT2D eigenvalue weighted by molar-refractivity contribution is 0.0326. The van der Waals surface area contributed by atoms with Gasteiger partial charge in [-0.3, -0.25) is 14.0 Å². The summed E-state index contributed by atoms with van der Waals surface area (Å²) < 4.78 is 11.4. The molecule has 4 rings (SSSR count). The molecule has 1 atom stereocenters. The molecule has 1 fully saturated rings. The van der Waals surface area contributed by atoms with Crippen molar-refractivity contribution in [3.05, 3.63) is 41.2 Å². The maximum atomic E-state index is 12.6. The number of nitrogens with zero attached hydrogens (tertiary/aromatic N) is 5. The fourth-order valence-electron chi connectivity index (χ4n) is 4.22. The standard InChI is InChI=1S/C21H29N5O2/c1-4-24-18-7-6-17(12-19(18)25(5-2)21(24)27)20-13-22-15-26(20)16(3)14-23-8-10-28-11-9-23/h6-7,12-13,15-16H,4-5,8-11,14H2,1-3H3. The molecular weight excluding hydrogens is 354 g/mol. The van der Waals surface area contributed by atoms with Crippen molar-refractivity contribution in [2.45, 2.75) is 39.9 Å². The monoisotopic (exact) mass is 383 g/mol. The number of aromatic nitrogens is 4. The largest absolute Gasteiger partial charge is 0.379 e. The van der Waals surface area contributed by atoms with Crippen molar-refractivity contribution in [1.29, 1.82) is 0 Å². The molecule has 7 nitrogen and oxygen atoms in total. The summed E-state index contributed by atoms with van der Waals surface area (Å²) in [5.41, 5.74) is 4.22. The molecule has 0 N–H and O–H groups in total. The van der Waals surface area contributed by atoms with Gasteiger partial charge in [-0.2, -0.15) is 0 Å². The minimum Gasteiger partial charge on any atom is -0.379 e. The molecule has 1 saturated heterocycles. The van der Waals surface area contributed by atoms with Crippen LogP contribution in [0.2, 0.25) is 0 Å². The van der Waals surface area contributed by atoms with Gasteiger partial charge < -0.3 is 9.30 Å². The van der Waals surface area contributed by atoms with Gasteiger partial charge >= 0.3 is 5.69 Å². The highest BCUT2D eigenvalue weighted by atomic mass is 16.5.